The number of benzene rings is 1. The zero-order chi connectivity index (χ0) is 24.5. The number of ether oxygens (including phenoxy) is 2. The second-order valence-corrected chi connectivity index (χ2v) is 7.71. The van der Waals surface area contributed by atoms with Gasteiger partial charge in [-0.25, -0.2) is 14.4 Å². The van der Waals surface area contributed by atoms with Crippen LogP contribution in [0.15, 0.2) is 53.4 Å². The van der Waals surface area contributed by atoms with Gasteiger partial charge in [0, 0.05) is 29.6 Å². The van der Waals surface area contributed by atoms with E-state index in [0.717, 1.165) is 0 Å². The summed E-state index contributed by atoms with van der Waals surface area (Å²) >= 11 is 3.41. The number of aromatic nitrogens is 4. The standard InChI is InChI=1S/C22H14BrF5N4O2/c1-33-17-7-13(34-10-16-15(24)6-12(9-29-16)22(26,27)28)3-4-14(17)19-20(23)32-21(31-19)11-2-5-18(25)30-8-11/h2-9H,10H2,1H3,(H,31,32). The Morgan fingerprint density at radius 1 is 1.03 bits per heavy atom. The molecule has 0 saturated heterocycles. The normalized spacial score (nSPS) is 11.5. The summed E-state index contributed by atoms with van der Waals surface area (Å²) in [7, 11) is 1.44. The third kappa shape index (κ3) is 5.01. The number of pyridine rings is 2. The average Bonchev–Trinajstić information content (AvgIpc) is 3.19. The Morgan fingerprint density at radius 2 is 1.82 bits per heavy atom. The van der Waals surface area contributed by atoms with Gasteiger partial charge in [-0.3, -0.25) is 4.98 Å². The van der Waals surface area contributed by atoms with E-state index in [0.29, 0.717) is 45.3 Å². The van der Waals surface area contributed by atoms with Crippen LogP contribution in [0.5, 0.6) is 11.5 Å². The summed E-state index contributed by atoms with van der Waals surface area (Å²) in [6.07, 6.45) is -2.80. The lowest BCUT2D eigenvalue weighted by molar-refractivity contribution is -0.138. The summed E-state index contributed by atoms with van der Waals surface area (Å²) in [5.41, 5.74) is 0.193. The molecule has 0 atom stereocenters. The molecule has 0 saturated carbocycles. The number of imidazole rings is 1. The van der Waals surface area contributed by atoms with E-state index in [4.69, 9.17) is 9.47 Å². The van der Waals surface area contributed by atoms with E-state index in [-0.39, 0.29) is 18.1 Å². The Balaban J connectivity index is 1.55. The van der Waals surface area contributed by atoms with Crippen molar-refractivity contribution >= 4 is 15.9 Å². The Hall–Kier alpha value is -3.54. The van der Waals surface area contributed by atoms with Crippen LogP contribution in [-0.4, -0.2) is 27.0 Å². The van der Waals surface area contributed by atoms with Gasteiger partial charge in [0.25, 0.3) is 0 Å². The summed E-state index contributed by atoms with van der Waals surface area (Å²) in [5, 5.41) is 0. The molecule has 0 fully saturated rings. The summed E-state index contributed by atoms with van der Waals surface area (Å²) in [5.74, 6) is -0.647. The van der Waals surface area contributed by atoms with Gasteiger partial charge in [0.2, 0.25) is 5.95 Å². The molecular formula is C22H14BrF5N4O2. The average molecular weight is 541 g/mol. The number of H-pyrrole nitrogens is 1. The molecule has 6 nitrogen and oxygen atoms in total. The number of halogens is 6. The molecular weight excluding hydrogens is 527 g/mol. The molecule has 0 radical (unpaired) electrons. The van der Waals surface area contributed by atoms with Gasteiger partial charge in [-0.15, -0.1) is 0 Å². The lowest BCUT2D eigenvalue weighted by atomic mass is 10.1. The van der Waals surface area contributed by atoms with Crippen molar-refractivity contribution < 1.29 is 31.4 Å². The molecule has 3 heterocycles. The predicted octanol–water partition coefficient (Wildman–Crippen LogP) is 6.18. The van der Waals surface area contributed by atoms with Crippen molar-refractivity contribution in [1.29, 1.82) is 0 Å². The Morgan fingerprint density at radius 3 is 2.47 bits per heavy atom. The number of methoxy groups -OCH3 is 1. The minimum Gasteiger partial charge on any atom is -0.496 e. The SMILES string of the molecule is COc1cc(OCc2ncc(C(F)(F)F)cc2F)ccc1-c1nc(-c2ccc(F)nc2)[nH]c1Br. The van der Waals surface area contributed by atoms with Crippen LogP contribution in [0.2, 0.25) is 0 Å². The van der Waals surface area contributed by atoms with E-state index in [1.54, 1.807) is 12.1 Å². The van der Waals surface area contributed by atoms with Crippen molar-refractivity contribution in [3.8, 4) is 34.1 Å². The molecule has 1 N–H and O–H groups in total. The van der Waals surface area contributed by atoms with Gasteiger partial charge < -0.3 is 14.5 Å². The molecule has 0 spiro atoms. The van der Waals surface area contributed by atoms with E-state index in [9.17, 15) is 22.0 Å². The number of nitrogens with zero attached hydrogens (tertiary/aromatic N) is 3. The first-order valence-corrected chi connectivity index (χ1v) is 10.3. The van der Waals surface area contributed by atoms with Gasteiger partial charge in [0.05, 0.1) is 12.7 Å². The van der Waals surface area contributed by atoms with Crippen LogP contribution in [0.4, 0.5) is 22.0 Å². The number of alkyl halides is 3. The van der Waals surface area contributed by atoms with Crippen LogP contribution >= 0.6 is 15.9 Å². The number of rotatable bonds is 6. The van der Waals surface area contributed by atoms with Crippen LogP contribution in [0, 0.1) is 11.8 Å². The van der Waals surface area contributed by atoms with Crippen molar-refractivity contribution in [3.63, 3.8) is 0 Å². The van der Waals surface area contributed by atoms with E-state index in [1.807, 2.05) is 0 Å². The van der Waals surface area contributed by atoms with Crippen molar-refractivity contribution in [2.24, 2.45) is 0 Å². The number of hydrogen-bond donors (Lipinski definition) is 1. The topological polar surface area (TPSA) is 72.9 Å². The largest absolute Gasteiger partial charge is 0.496 e. The molecule has 0 unspecified atom stereocenters. The van der Waals surface area contributed by atoms with E-state index >= 15 is 0 Å². The first-order chi connectivity index (χ1) is 16.2. The first-order valence-electron chi connectivity index (χ1n) is 9.56. The maximum Gasteiger partial charge on any atom is 0.417 e. The molecule has 0 aliphatic carbocycles. The quantitative estimate of drug-likeness (QED) is 0.233. The van der Waals surface area contributed by atoms with E-state index in [2.05, 4.69) is 35.9 Å². The molecule has 4 aromatic rings. The second kappa shape index (κ2) is 9.37. The molecule has 34 heavy (non-hydrogen) atoms. The fraction of sp³-hybridized carbons (Fsp3) is 0.136. The second-order valence-electron chi connectivity index (χ2n) is 6.92. The highest BCUT2D eigenvalue weighted by Gasteiger charge is 2.32. The van der Waals surface area contributed by atoms with Crippen LogP contribution in [0.3, 0.4) is 0 Å². The minimum absolute atomic E-state index is 0.274. The molecule has 176 valence electrons. The molecule has 4 rings (SSSR count). The maximum atomic E-state index is 14.0. The molecule has 0 aliphatic heterocycles. The zero-order valence-corrected chi connectivity index (χ0v) is 18.8. The Bertz CT molecular complexity index is 1330. The van der Waals surface area contributed by atoms with Crippen LogP contribution in [-0.2, 0) is 12.8 Å². The highest BCUT2D eigenvalue weighted by atomic mass is 79.9. The predicted molar refractivity (Wildman–Crippen MR) is 115 cm³/mol. The molecule has 0 amide bonds. The van der Waals surface area contributed by atoms with Crippen molar-refractivity contribution in [1.82, 2.24) is 19.9 Å². The Kier molecular flexibility index (Phi) is 6.51. The van der Waals surface area contributed by atoms with E-state index < -0.39 is 23.5 Å². The maximum absolute atomic E-state index is 14.0. The van der Waals surface area contributed by atoms with Gasteiger partial charge in [0.15, 0.2) is 0 Å². The van der Waals surface area contributed by atoms with Gasteiger partial charge in [0.1, 0.15) is 45.7 Å². The molecule has 1 aromatic carbocycles. The van der Waals surface area contributed by atoms with Gasteiger partial charge in [-0.1, -0.05) is 0 Å². The first kappa shape index (κ1) is 23.6. The van der Waals surface area contributed by atoms with Crippen LogP contribution < -0.4 is 9.47 Å². The van der Waals surface area contributed by atoms with E-state index in [1.165, 1.54) is 31.5 Å². The van der Waals surface area contributed by atoms with Gasteiger partial charge in [-0.05, 0) is 46.3 Å². The monoisotopic (exact) mass is 540 g/mol. The van der Waals surface area contributed by atoms with Crippen LogP contribution in [0.1, 0.15) is 11.3 Å². The lowest BCUT2D eigenvalue weighted by Crippen LogP contribution is -2.09. The third-order valence-corrected chi connectivity index (χ3v) is 5.28. The molecule has 0 bridgehead atoms. The van der Waals surface area contributed by atoms with Crippen molar-refractivity contribution in [3.05, 3.63) is 76.4 Å². The third-order valence-electron chi connectivity index (χ3n) is 4.71. The highest BCUT2D eigenvalue weighted by Crippen LogP contribution is 2.37. The number of nitrogens with one attached hydrogen (secondary N) is 1. The van der Waals surface area contributed by atoms with Crippen LogP contribution in [0.25, 0.3) is 22.6 Å². The minimum atomic E-state index is -4.69. The number of hydrogen-bond acceptors (Lipinski definition) is 5. The summed E-state index contributed by atoms with van der Waals surface area (Å²) < 4.78 is 76.6. The van der Waals surface area contributed by atoms with Crippen molar-refractivity contribution in [2.75, 3.05) is 7.11 Å². The summed E-state index contributed by atoms with van der Waals surface area (Å²) in [6.45, 7) is -0.389. The summed E-state index contributed by atoms with van der Waals surface area (Å²) in [4.78, 5) is 14.7. The summed E-state index contributed by atoms with van der Waals surface area (Å²) in [6, 6.07) is 7.86. The lowest BCUT2D eigenvalue weighted by Gasteiger charge is -2.12. The fourth-order valence-corrected chi connectivity index (χ4v) is 3.51. The van der Waals surface area contributed by atoms with Gasteiger partial charge >= 0.3 is 6.18 Å². The van der Waals surface area contributed by atoms with Crippen molar-refractivity contribution in [2.45, 2.75) is 12.8 Å². The Labute approximate surface area is 197 Å². The highest BCUT2D eigenvalue weighted by molar-refractivity contribution is 9.10. The number of aromatic amines is 1. The van der Waals surface area contributed by atoms with Gasteiger partial charge in [-0.2, -0.15) is 17.6 Å². The molecule has 3 aromatic heterocycles. The molecule has 12 heteroatoms. The fourth-order valence-electron chi connectivity index (χ4n) is 3.02. The smallest absolute Gasteiger partial charge is 0.417 e. The zero-order valence-electron chi connectivity index (χ0n) is 17.3. The molecule has 0 aliphatic rings.